The highest BCUT2D eigenvalue weighted by Gasteiger charge is 2.31. The molecule has 0 aromatic heterocycles. The van der Waals surface area contributed by atoms with Crippen LogP contribution in [-0.2, 0) is 21.2 Å². The number of benzene rings is 1. The van der Waals surface area contributed by atoms with Crippen molar-refractivity contribution in [3.05, 3.63) is 35.9 Å². The lowest BCUT2D eigenvalue weighted by Crippen LogP contribution is -2.49. The fraction of sp³-hybridized carbons (Fsp3) is 0.333. The number of alkyl carbamates (subject to hydrolysis) is 1. The van der Waals surface area contributed by atoms with E-state index in [1.165, 1.54) is 13.8 Å². The summed E-state index contributed by atoms with van der Waals surface area (Å²) in [5.41, 5.74) is -0.623. The molecule has 1 rings (SSSR count). The summed E-state index contributed by atoms with van der Waals surface area (Å²) >= 11 is 0. The number of carbonyl (C=O) groups is 2. The molecule has 0 saturated carbocycles. The minimum absolute atomic E-state index is 0.0931. The summed E-state index contributed by atoms with van der Waals surface area (Å²) in [5.74, 6) is -1.37. The molecule has 5 nitrogen and oxygen atoms in total. The van der Waals surface area contributed by atoms with Crippen molar-refractivity contribution in [3.8, 4) is 0 Å². The number of amides is 1. The standard InChI is InChI=1S/C12H14NO4/c1-12(2,10(14)15)13-11(16)17-8-9-6-4-3-5-7-9/h3-7H,8H2,1-2H3,(H,13,16). The first-order valence-corrected chi connectivity index (χ1v) is 5.12. The minimum Gasteiger partial charge on any atom is -0.445 e. The van der Waals surface area contributed by atoms with Crippen LogP contribution < -0.4 is 5.32 Å². The Bertz CT molecular complexity index is 400. The Morgan fingerprint density at radius 3 is 2.35 bits per heavy atom. The molecule has 0 unspecified atom stereocenters. The maximum Gasteiger partial charge on any atom is 0.408 e. The Labute approximate surface area is 99.4 Å². The van der Waals surface area contributed by atoms with E-state index in [0.717, 1.165) is 5.56 Å². The van der Waals surface area contributed by atoms with Gasteiger partial charge in [-0.05, 0) is 19.4 Å². The second-order valence-electron chi connectivity index (χ2n) is 4.10. The maximum absolute atomic E-state index is 11.3. The third-order valence-corrected chi connectivity index (χ3v) is 2.14. The Kier molecular flexibility index (Phi) is 4.09. The first-order valence-electron chi connectivity index (χ1n) is 5.12. The fourth-order valence-corrected chi connectivity index (χ4v) is 1.07. The van der Waals surface area contributed by atoms with Crippen LogP contribution in [0.1, 0.15) is 19.4 Å². The van der Waals surface area contributed by atoms with E-state index in [1.54, 1.807) is 12.1 Å². The van der Waals surface area contributed by atoms with Crippen LogP contribution >= 0.6 is 0 Å². The molecule has 17 heavy (non-hydrogen) atoms. The van der Waals surface area contributed by atoms with E-state index >= 15 is 0 Å². The molecular formula is C12H14NO4. The van der Waals surface area contributed by atoms with Gasteiger partial charge in [-0.1, -0.05) is 30.3 Å². The second-order valence-corrected chi connectivity index (χ2v) is 4.10. The average Bonchev–Trinajstić information content (AvgIpc) is 2.27. The van der Waals surface area contributed by atoms with Gasteiger partial charge < -0.3 is 10.1 Å². The van der Waals surface area contributed by atoms with Crippen molar-refractivity contribution in [2.24, 2.45) is 0 Å². The SMILES string of the molecule is CC(C)(NC(=O)OCc1ccccc1)C([O])=O. The van der Waals surface area contributed by atoms with E-state index in [1.807, 2.05) is 18.2 Å². The molecule has 1 aromatic rings. The number of hydrogen-bond acceptors (Lipinski definition) is 3. The van der Waals surface area contributed by atoms with Crippen LogP contribution in [0.3, 0.4) is 0 Å². The molecule has 0 heterocycles. The van der Waals surface area contributed by atoms with Gasteiger partial charge in [-0.15, -0.1) is 0 Å². The Balaban J connectivity index is 2.44. The molecule has 0 aliphatic heterocycles. The number of carbonyl (C=O) groups excluding carboxylic acids is 2. The normalized spacial score (nSPS) is 10.7. The van der Waals surface area contributed by atoms with Crippen molar-refractivity contribution in [2.45, 2.75) is 26.0 Å². The molecular weight excluding hydrogens is 222 g/mol. The highest BCUT2D eigenvalue weighted by molar-refractivity contribution is 5.83. The third kappa shape index (κ3) is 4.14. The van der Waals surface area contributed by atoms with E-state index in [9.17, 15) is 14.7 Å². The van der Waals surface area contributed by atoms with Gasteiger partial charge in [0.2, 0.25) is 0 Å². The van der Waals surface area contributed by atoms with Crippen LogP contribution in [0.5, 0.6) is 0 Å². The molecule has 1 N–H and O–H groups in total. The summed E-state index contributed by atoms with van der Waals surface area (Å²) in [6.45, 7) is 2.74. The summed E-state index contributed by atoms with van der Waals surface area (Å²) in [7, 11) is 0. The van der Waals surface area contributed by atoms with Crippen LogP contribution in [0.25, 0.3) is 0 Å². The van der Waals surface area contributed by atoms with Crippen LogP contribution in [0, 0.1) is 0 Å². The molecule has 0 fully saturated rings. The summed E-state index contributed by atoms with van der Waals surface area (Å²) in [6.07, 6.45) is -0.789. The van der Waals surface area contributed by atoms with Gasteiger partial charge in [0.05, 0.1) is 0 Å². The number of nitrogens with one attached hydrogen (secondary N) is 1. The lowest BCUT2D eigenvalue weighted by Gasteiger charge is -2.19. The van der Waals surface area contributed by atoms with Crippen LogP contribution in [0.15, 0.2) is 30.3 Å². The van der Waals surface area contributed by atoms with Gasteiger partial charge in [0.25, 0.3) is 0 Å². The molecule has 1 aromatic carbocycles. The van der Waals surface area contributed by atoms with Crippen molar-refractivity contribution in [3.63, 3.8) is 0 Å². The molecule has 0 aliphatic carbocycles. The lowest BCUT2D eigenvalue weighted by atomic mass is 10.1. The summed E-state index contributed by atoms with van der Waals surface area (Å²) in [6, 6.07) is 9.10. The van der Waals surface area contributed by atoms with Crippen molar-refractivity contribution >= 4 is 12.1 Å². The Hall–Kier alpha value is -2.04. The van der Waals surface area contributed by atoms with Crippen LogP contribution in [-0.4, -0.2) is 17.6 Å². The van der Waals surface area contributed by atoms with Gasteiger partial charge in [-0.25, -0.2) is 14.7 Å². The number of hydrogen-bond donors (Lipinski definition) is 1. The predicted octanol–water partition coefficient (Wildman–Crippen LogP) is 1.65. The zero-order chi connectivity index (χ0) is 12.9. The van der Waals surface area contributed by atoms with Crippen molar-refractivity contribution in [1.29, 1.82) is 0 Å². The van der Waals surface area contributed by atoms with Gasteiger partial charge >= 0.3 is 12.1 Å². The van der Waals surface area contributed by atoms with Gasteiger partial charge in [-0.2, -0.15) is 0 Å². The quantitative estimate of drug-likeness (QED) is 0.863. The summed E-state index contributed by atoms with van der Waals surface area (Å²) in [5, 5.41) is 12.9. The molecule has 5 heteroatoms. The first kappa shape index (κ1) is 13.0. The van der Waals surface area contributed by atoms with E-state index in [2.05, 4.69) is 5.32 Å². The van der Waals surface area contributed by atoms with Gasteiger partial charge in [0.1, 0.15) is 12.1 Å². The van der Waals surface area contributed by atoms with E-state index in [4.69, 9.17) is 4.74 Å². The fourth-order valence-electron chi connectivity index (χ4n) is 1.07. The highest BCUT2D eigenvalue weighted by atomic mass is 16.5. The number of rotatable bonds is 4. The first-order chi connectivity index (χ1) is 7.92. The smallest absolute Gasteiger partial charge is 0.408 e. The average molecular weight is 236 g/mol. The predicted molar refractivity (Wildman–Crippen MR) is 59.5 cm³/mol. The molecule has 0 spiro atoms. The van der Waals surface area contributed by atoms with Gasteiger partial charge in [-0.3, -0.25) is 0 Å². The zero-order valence-electron chi connectivity index (χ0n) is 9.73. The zero-order valence-corrected chi connectivity index (χ0v) is 9.73. The highest BCUT2D eigenvalue weighted by Crippen LogP contribution is 2.05. The van der Waals surface area contributed by atoms with Crippen molar-refractivity contribution < 1.29 is 19.4 Å². The molecule has 0 saturated heterocycles. The van der Waals surface area contributed by atoms with Crippen molar-refractivity contribution in [1.82, 2.24) is 5.32 Å². The second kappa shape index (κ2) is 5.34. The van der Waals surface area contributed by atoms with E-state index < -0.39 is 17.6 Å². The van der Waals surface area contributed by atoms with Gasteiger partial charge in [0, 0.05) is 0 Å². The lowest BCUT2D eigenvalue weighted by molar-refractivity contribution is -0.149. The van der Waals surface area contributed by atoms with Crippen LogP contribution in [0.2, 0.25) is 0 Å². The molecule has 0 atom stereocenters. The molecule has 0 aliphatic rings. The minimum atomic E-state index is -1.45. The maximum atomic E-state index is 11.3. The topological polar surface area (TPSA) is 75.3 Å². The van der Waals surface area contributed by atoms with Crippen molar-refractivity contribution in [2.75, 3.05) is 0 Å². The molecule has 1 radical (unpaired) electrons. The summed E-state index contributed by atoms with van der Waals surface area (Å²) < 4.78 is 4.87. The van der Waals surface area contributed by atoms with Gasteiger partial charge in [0.15, 0.2) is 0 Å². The summed E-state index contributed by atoms with van der Waals surface area (Å²) in [4.78, 5) is 22.0. The Morgan fingerprint density at radius 1 is 1.24 bits per heavy atom. The number of ether oxygens (including phenoxy) is 1. The van der Waals surface area contributed by atoms with Crippen LogP contribution in [0.4, 0.5) is 4.79 Å². The monoisotopic (exact) mass is 236 g/mol. The van der Waals surface area contributed by atoms with E-state index in [0.29, 0.717) is 0 Å². The third-order valence-electron chi connectivity index (χ3n) is 2.14. The molecule has 1 amide bonds. The molecule has 91 valence electrons. The van der Waals surface area contributed by atoms with E-state index in [-0.39, 0.29) is 6.61 Å². The largest absolute Gasteiger partial charge is 0.445 e. The molecule has 0 bridgehead atoms. The Morgan fingerprint density at radius 2 is 1.82 bits per heavy atom.